The van der Waals surface area contributed by atoms with E-state index < -0.39 is 0 Å². The Kier molecular flexibility index (Phi) is 4.48. The average Bonchev–Trinajstić information content (AvgIpc) is 2.38. The largest absolute Gasteiger partial charge is 0.353 e. The van der Waals surface area contributed by atoms with Gasteiger partial charge in [0.25, 0.3) is 0 Å². The van der Waals surface area contributed by atoms with Crippen molar-refractivity contribution in [1.82, 2.24) is 10.2 Å². The van der Waals surface area contributed by atoms with Gasteiger partial charge in [0.1, 0.15) is 0 Å². The molecule has 2 rings (SSSR count). The first kappa shape index (κ1) is 13.2. The van der Waals surface area contributed by atoms with Crippen LogP contribution in [-0.2, 0) is 9.59 Å². The number of fused-ring (bicyclic) bond motifs is 1. The summed E-state index contributed by atoms with van der Waals surface area (Å²) in [7, 11) is 0. The maximum absolute atomic E-state index is 11.9. The molecule has 2 aliphatic heterocycles. The zero-order valence-electron chi connectivity index (χ0n) is 10.2. The van der Waals surface area contributed by atoms with E-state index in [4.69, 9.17) is 5.26 Å². The second kappa shape index (κ2) is 6.10. The van der Waals surface area contributed by atoms with Gasteiger partial charge in [0.05, 0.1) is 17.6 Å². The van der Waals surface area contributed by atoms with Crippen LogP contribution in [0.1, 0.15) is 19.3 Å². The van der Waals surface area contributed by atoms with Gasteiger partial charge < -0.3 is 10.2 Å². The van der Waals surface area contributed by atoms with E-state index in [9.17, 15) is 9.59 Å². The Morgan fingerprint density at radius 2 is 2.39 bits per heavy atom. The molecule has 0 aromatic rings. The summed E-state index contributed by atoms with van der Waals surface area (Å²) in [6.45, 7) is 1.46. The van der Waals surface area contributed by atoms with Crippen LogP contribution in [0.15, 0.2) is 0 Å². The predicted molar refractivity (Wildman–Crippen MR) is 68.8 cm³/mol. The van der Waals surface area contributed by atoms with Crippen LogP contribution < -0.4 is 5.32 Å². The Labute approximate surface area is 111 Å². The Hall–Kier alpha value is -1.22. The molecule has 2 fully saturated rings. The Morgan fingerprint density at radius 1 is 1.56 bits per heavy atom. The number of amides is 2. The summed E-state index contributed by atoms with van der Waals surface area (Å²) in [6.07, 6.45) is 2.31. The topological polar surface area (TPSA) is 73.2 Å². The number of thioether (sulfide) groups is 1. The third-order valence-electron chi connectivity index (χ3n) is 3.57. The van der Waals surface area contributed by atoms with Crippen LogP contribution in [0.4, 0.5) is 0 Å². The van der Waals surface area contributed by atoms with E-state index in [1.54, 1.807) is 0 Å². The van der Waals surface area contributed by atoms with Crippen LogP contribution in [-0.4, -0.2) is 47.4 Å². The van der Waals surface area contributed by atoms with Gasteiger partial charge in [0.2, 0.25) is 11.8 Å². The molecular weight excluding hydrogens is 250 g/mol. The fraction of sp³-hybridized carbons (Fsp3) is 0.750. The number of carbonyl (C=O) groups is 2. The molecule has 1 N–H and O–H groups in total. The lowest BCUT2D eigenvalue weighted by atomic mass is 9.85. The van der Waals surface area contributed by atoms with Crippen molar-refractivity contribution in [3.8, 4) is 6.07 Å². The third kappa shape index (κ3) is 3.16. The van der Waals surface area contributed by atoms with Gasteiger partial charge >= 0.3 is 0 Å². The number of nitriles is 1. The molecule has 2 heterocycles. The molecule has 0 spiro atoms. The molecule has 0 radical (unpaired) electrons. The Bertz CT molecular complexity index is 380. The third-order valence-corrected chi connectivity index (χ3v) is 4.35. The maximum atomic E-state index is 11.9. The zero-order chi connectivity index (χ0) is 13.0. The fourth-order valence-electron chi connectivity index (χ4n) is 2.61. The van der Waals surface area contributed by atoms with Gasteiger partial charge in [-0.3, -0.25) is 9.59 Å². The number of piperidine rings is 2. The minimum atomic E-state index is 0.116. The van der Waals surface area contributed by atoms with Crippen LogP contribution in [0.3, 0.4) is 0 Å². The standard InChI is InChI=1S/C12H17N3O2S/c13-4-6-18-8-12(17)15-5-3-10-9(7-15)1-2-11(16)14-10/h9-10H,1-3,5-8H2,(H,14,16). The molecule has 0 aromatic heterocycles. The first-order valence-electron chi connectivity index (χ1n) is 6.22. The molecule has 5 nitrogen and oxygen atoms in total. The highest BCUT2D eigenvalue weighted by atomic mass is 32.2. The van der Waals surface area contributed by atoms with Gasteiger partial charge in [0.15, 0.2) is 0 Å². The normalized spacial score (nSPS) is 27.1. The number of nitrogens with one attached hydrogen (secondary N) is 1. The lowest BCUT2D eigenvalue weighted by Gasteiger charge is -2.41. The summed E-state index contributed by atoms with van der Waals surface area (Å²) in [4.78, 5) is 25.1. The molecule has 2 saturated heterocycles. The molecule has 2 unspecified atom stereocenters. The SMILES string of the molecule is N#CCSCC(=O)N1CCC2NC(=O)CCC2C1. The number of hydrogen-bond donors (Lipinski definition) is 1. The minimum Gasteiger partial charge on any atom is -0.353 e. The van der Waals surface area contributed by atoms with E-state index in [1.807, 2.05) is 11.0 Å². The Balaban J connectivity index is 1.81. The molecule has 2 atom stereocenters. The molecule has 0 saturated carbocycles. The van der Waals surface area contributed by atoms with Gasteiger partial charge in [0, 0.05) is 25.6 Å². The monoisotopic (exact) mass is 267 g/mol. The van der Waals surface area contributed by atoms with E-state index in [2.05, 4.69) is 5.32 Å². The molecule has 0 aromatic carbocycles. The summed E-state index contributed by atoms with van der Waals surface area (Å²) in [5.74, 6) is 1.41. The van der Waals surface area contributed by atoms with Crippen LogP contribution in [0.5, 0.6) is 0 Å². The number of likely N-dealkylation sites (tertiary alicyclic amines) is 1. The van der Waals surface area contributed by atoms with E-state index in [0.717, 1.165) is 19.4 Å². The van der Waals surface area contributed by atoms with Crippen molar-refractivity contribution in [2.45, 2.75) is 25.3 Å². The second-order valence-corrected chi connectivity index (χ2v) is 5.74. The smallest absolute Gasteiger partial charge is 0.232 e. The number of carbonyl (C=O) groups excluding carboxylic acids is 2. The summed E-state index contributed by atoms with van der Waals surface area (Å²) in [6, 6.07) is 2.27. The zero-order valence-corrected chi connectivity index (χ0v) is 11.0. The minimum absolute atomic E-state index is 0.116. The molecule has 0 bridgehead atoms. The highest BCUT2D eigenvalue weighted by Gasteiger charge is 2.34. The second-order valence-electron chi connectivity index (χ2n) is 4.75. The summed E-state index contributed by atoms with van der Waals surface area (Å²) in [5, 5.41) is 11.4. The average molecular weight is 267 g/mol. The number of nitrogens with zero attached hydrogens (tertiary/aromatic N) is 2. The van der Waals surface area contributed by atoms with Crippen molar-refractivity contribution >= 4 is 23.6 Å². The van der Waals surface area contributed by atoms with Crippen molar-refractivity contribution in [3.05, 3.63) is 0 Å². The van der Waals surface area contributed by atoms with Gasteiger partial charge in [-0.1, -0.05) is 0 Å². The lowest BCUT2D eigenvalue weighted by Crippen LogP contribution is -2.55. The van der Waals surface area contributed by atoms with Crippen molar-refractivity contribution in [2.24, 2.45) is 5.92 Å². The lowest BCUT2D eigenvalue weighted by molar-refractivity contribution is -0.132. The van der Waals surface area contributed by atoms with Crippen LogP contribution >= 0.6 is 11.8 Å². The van der Waals surface area contributed by atoms with Crippen LogP contribution in [0.25, 0.3) is 0 Å². The molecule has 98 valence electrons. The van der Waals surface area contributed by atoms with Crippen LogP contribution in [0.2, 0.25) is 0 Å². The van der Waals surface area contributed by atoms with Gasteiger partial charge in [-0.05, 0) is 18.8 Å². The summed E-state index contributed by atoms with van der Waals surface area (Å²) >= 11 is 1.36. The highest BCUT2D eigenvalue weighted by Crippen LogP contribution is 2.25. The van der Waals surface area contributed by atoms with Crippen LogP contribution in [0, 0.1) is 17.2 Å². The number of rotatable bonds is 3. The van der Waals surface area contributed by atoms with Crippen molar-refractivity contribution in [2.75, 3.05) is 24.6 Å². The van der Waals surface area contributed by atoms with E-state index in [0.29, 0.717) is 30.4 Å². The van der Waals surface area contributed by atoms with Crippen molar-refractivity contribution in [3.63, 3.8) is 0 Å². The fourth-order valence-corrected chi connectivity index (χ4v) is 3.16. The van der Waals surface area contributed by atoms with Gasteiger partial charge in [-0.25, -0.2) is 0 Å². The predicted octanol–water partition coefficient (Wildman–Crippen LogP) is 0.370. The van der Waals surface area contributed by atoms with E-state index in [1.165, 1.54) is 11.8 Å². The van der Waals surface area contributed by atoms with E-state index in [-0.39, 0.29) is 17.9 Å². The molecule has 0 aliphatic carbocycles. The molecule has 2 aliphatic rings. The van der Waals surface area contributed by atoms with Gasteiger partial charge in [-0.15, -0.1) is 11.8 Å². The first-order valence-corrected chi connectivity index (χ1v) is 7.38. The first-order chi connectivity index (χ1) is 8.70. The van der Waals surface area contributed by atoms with Crippen molar-refractivity contribution < 1.29 is 9.59 Å². The van der Waals surface area contributed by atoms with Crippen molar-refractivity contribution in [1.29, 1.82) is 5.26 Å². The molecule has 2 amide bonds. The summed E-state index contributed by atoms with van der Waals surface area (Å²) < 4.78 is 0. The Morgan fingerprint density at radius 3 is 3.17 bits per heavy atom. The maximum Gasteiger partial charge on any atom is 0.232 e. The molecule has 6 heteroatoms. The van der Waals surface area contributed by atoms with E-state index >= 15 is 0 Å². The molecular formula is C12H17N3O2S. The molecule has 18 heavy (non-hydrogen) atoms. The quantitative estimate of drug-likeness (QED) is 0.750. The highest BCUT2D eigenvalue weighted by molar-refractivity contribution is 8.00. The summed E-state index contributed by atoms with van der Waals surface area (Å²) in [5.41, 5.74) is 0. The number of hydrogen-bond acceptors (Lipinski definition) is 4. The van der Waals surface area contributed by atoms with Gasteiger partial charge in [-0.2, -0.15) is 5.26 Å².